The zero-order chi connectivity index (χ0) is 15.0. The van der Waals surface area contributed by atoms with E-state index in [2.05, 4.69) is 24.8 Å². The second kappa shape index (κ2) is 7.97. The summed E-state index contributed by atoms with van der Waals surface area (Å²) in [5.74, 6) is 1.54. The van der Waals surface area contributed by atoms with Gasteiger partial charge in [0.15, 0.2) is 5.65 Å². The third kappa shape index (κ3) is 3.83. The summed E-state index contributed by atoms with van der Waals surface area (Å²) in [6, 6.07) is 6.01. The molecule has 24 heavy (non-hydrogen) atoms. The molecule has 0 radical (unpaired) electrons. The molecule has 2 aromatic rings. The monoisotopic (exact) mass is 373 g/mol. The molecule has 0 bridgehead atoms. The minimum absolute atomic E-state index is 0. The third-order valence-electron chi connectivity index (χ3n) is 5.03. The Kier molecular flexibility index (Phi) is 6.45. The van der Waals surface area contributed by atoms with Crippen molar-refractivity contribution in [3.8, 4) is 0 Å². The van der Waals surface area contributed by atoms with Crippen LogP contribution in [0.25, 0.3) is 5.65 Å². The van der Waals surface area contributed by atoms with Gasteiger partial charge in [-0.3, -0.25) is 4.40 Å². The summed E-state index contributed by atoms with van der Waals surface area (Å²) < 4.78 is 2.11. The number of nitrogens with zero attached hydrogens (tertiary/aromatic N) is 4. The Bertz CT molecular complexity index is 651. The predicted molar refractivity (Wildman–Crippen MR) is 98.3 cm³/mol. The lowest BCUT2D eigenvalue weighted by Crippen LogP contribution is -2.47. The van der Waals surface area contributed by atoms with Gasteiger partial charge in [0, 0.05) is 25.2 Å². The zero-order valence-corrected chi connectivity index (χ0v) is 15.2. The Morgan fingerprint density at radius 3 is 2.71 bits per heavy atom. The van der Waals surface area contributed by atoms with Crippen molar-refractivity contribution in [1.29, 1.82) is 0 Å². The highest BCUT2D eigenvalue weighted by atomic mass is 35.5. The molecule has 1 atom stereocenters. The molecule has 4 heterocycles. The number of pyridine rings is 1. The zero-order valence-electron chi connectivity index (χ0n) is 13.6. The molecule has 2 aromatic heterocycles. The van der Waals surface area contributed by atoms with E-state index in [1.807, 2.05) is 24.4 Å². The first-order chi connectivity index (χ1) is 10.7. The van der Waals surface area contributed by atoms with Gasteiger partial charge >= 0.3 is 0 Å². The molecule has 0 amide bonds. The number of fused-ring (bicyclic) bond motifs is 1. The van der Waals surface area contributed by atoms with Crippen LogP contribution >= 0.6 is 24.8 Å². The molecule has 4 rings (SSSR count). The molecule has 2 aliphatic rings. The van der Waals surface area contributed by atoms with Crippen LogP contribution in [0.3, 0.4) is 0 Å². The lowest BCUT2D eigenvalue weighted by atomic mass is 9.94. The Morgan fingerprint density at radius 1 is 1.21 bits per heavy atom. The summed E-state index contributed by atoms with van der Waals surface area (Å²) in [4.78, 5) is 2.40. The number of likely N-dealkylation sites (tertiary alicyclic amines) is 1. The minimum Gasteiger partial charge on any atom is -0.387 e. The summed E-state index contributed by atoms with van der Waals surface area (Å²) in [7, 11) is 0. The molecule has 2 fully saturated rings. The average Bonchev–Trinajstić information content (AvgIpc) is 3.15. The number of hydrogen-bond acceptors (Lipinski definition) is 5. The number of rotatable bonds is 3. The Hall–Kier alpha value is -0.920. The summed E-state index contributed by atoms with van der Waals surface area (Å²) in [5.41, 5.74) is 0.389. The molecule has 2 saturated heterocycles. The molecule has 0 aliphatic carbocycles. The fraction of sp³-hybridized carbons (Fsp3) is 0.625. The van der Waals surface area contributed by atoms with Gasteiger partial charge in [0.25, 0.3) is 0 Å². The van der Waals surface area contributed by atoms with Crippen LogP contribution in [0.4, 0.5) is 0 Å². The van der Waals surface area contributed by atoms with Gasteiger partial charge in [-0.15, -0.1) is 35.0 Å². The van der Waals surface area contributed by atoms with Crippen molar-refractivity contribution >= 4 is 30.5 Å². The van der Waals surface area contributed by atoms with E-state index in [4.69, 9.17) is 0 Å². The molecule has 1 unspecified atom stereocenters. The van der Waals surface area contributed by atoms with Crippen LogP contribution in [-0.4, -0.2) is 62.9 Å². The maximum Gasteiger partial charge on any atom is 0.160 e. The van der Waals surface area contributed by atoms with Gasteiger partial charge in [-0.25, -0.2) is 0 Å². The number of β-amino-alcohol motifs (C(OH)–C–C–N with tert-alkyl or cyclic N) is 1. The topological polar surface area (TPSA) is 65.7 Å². The van der Waals surface area contributed by atoms with Crippen molar-refractivity contribution in [2.75, 3.05) is 32.7 Å². The highest BCUT2D eigenvalue weighted by Gasteiger charge is 2.34. The maximum absolute atomic E-state index is 10.5. The average molecular weight is 374 g/mol. The molecule has 2 aliphatic heterocycles. The van der Waals surface area contributed by atoms with Crippen molar-refractivity contribution in [1.82, 2.24) is 24.8 Å². The van der Waals surface area contributed by atoms with E-state index in [-0.39, 0.29) is 24.8 Å². The van der Waals surface area contributed by atoms with Gasteiger partial charge in [0.2, 0.25) is 0 Å². The fourth-order valence-electron chi connectivity index (χ4n) is 3.77. The predicted octanol–water partition coefficient (Wildman–Crippen LogP) is 1.48. The SMILES string of the molecule is Cl.Cl.OC1(CN2CCC(c3nnc4ccccn34)CC2)CCNC1. The molecular formula is C16H25Cl2N5O. The largest absolute Gasteiger partial charge is 0.387 e. The van der Waals surface area contributed by atoms with Gasteiger partial charge < -0.3 is 15.3 Å². The number of halogens is 2. The normalized spacial score (nSPS) is 25.4. The van der Waals surface area contributed by atoms with Gasteiger partial charge in [-0.05, 0) is 51.0 Å². The lowest BCUT2D eigenvalue weighted by Gasteiger charge is -2.35. The smallest absolute Gasteiger partial charge is 0.160 e. The first-order valence-corrected chi connectivity index (χ1v) is 8.19. The van der Waals surface area contributed by atoms with Crippen LogP contribution in [-0.2, 0) is 0 Å². The number of hydrogen-bond donors (Lipinski definition) is 2. The number of aromatic nitrogens is 3. The van der Waals surface area contributed by atoms with Crippen LogP contribution in [0.1, 0.15) is 31.0 Å². The highest BCUT2D eigenvalue weighted by molar-refractivity contribution is 5.85. The van der Waals surface area contributed by atoms with Crippen LogP contribution in [0.2, 0.25) is 0 Å². The van der Waals surface area contributed by atoms with E-state index in [1.54, 1.807) is 0 Å². The molecule has 0 saturated carbocycles. The second-order valence-electron chi connectivity index (χ2n) is 6.69. The Balaban J connectivity index is 0.00000104. The highest BCUT2D eigenvalue weighted by Crippen LogP contribution is 2.28. The Morgan fingerprint density at radius 2 is 2.00 bits per heavy atom. The van der Waals surface area contributed by atoms with Gasteiger partial charge in [-0.1, -0.05) is 6.07 Å². The fourth-order valence-corrected chi connectivity index (χ4v) is 3.77. The van der Waals surface area contributed by atoms with Crippen molar-refractivity contribution in [3.05, 3.63) is 30.2 Å². The lowest BCUT2D eigenvalue weighted by molar-refractivity contribution is 0.0135. The van der Waals surface area contributed by atoms with Crippen LogP contribution in [0.5, 0.6) is 0 Å². The molecule has 2 N–H and O–H groups in total. The molecule has 6 nitrogen and oxygen atoms in total. The molecular weight excluding hydrogens is 349 g/mol. The number of aliphatic hydroxyl groups is 1. The molecule has 0 spiro atoms. The van der Waals surface area contributed by atoms with E-state index >= 15 is 0 Å². The first kappa shape index (κ1) is 19.4. The summed E-state index contributed by atoms with van der Waals surface area (Å²) in [6.45, 7) is 4.48. The third-order valence-corrected chi connectivity index (χ3v) is 5.03. The van der Waals surface area contributed by atoms with Crippen molar-refractivity contribution in [2.24, 2.45) is 0 Å². The quantitative estimate of drug-likeness (QED) is 0.852. The number of nitrogens with one attached hydrogen (secondary N) is 1. The van der Waals surface area contributed by atoms with Crippen LogP contribution in [0.15, 0.2) is 24.4 Å². The van der Waals surface area contributed by atoms with E-state index < -0.39 is 5.60 Å². The van der Waals surface area contributed by atoms with Gasteiger partial charge in [-0.2, -0.15) is 0 Å². The molecule has 8 heteroatoms. The van der Waals surface area contributed by atoms with Crippen molar-refractivity contribution in [3.63, 3.8) is 0 Å². The van der Waals surface area contributed by atoms with Crippen LogP contribution in [0, 0.1) is 0 Å². The van der Waals surface area contributed by atoms with Crippen LogP contribution < -0.4 is 5.32 Å². The Labute approximate surface area is 154 Å². The summed E-state index contributed by atoms with van der Waals surface area (Å²) >= 11 is 0. The van der Waals surface area contributed by atoms with E-state index in [0.717, 1.165) is 63.5 Å². The summed E-state index contributed by atoms with van der Waals surface area (Å²) in [6.07, 6.45) is 5.07. The first-order valence-electron chi connectivity index (χ1n) is 8.19. The van der Waals surface area contributed by atoms with Crippen molar-refractivity contribution < 1.29 is 5.11 Å². The summed E-state index contributed by atoms with van der Waals surface area (Å²) in [5, 5.41) is 22.4. The maximum atomic E-state index is 10.5. The van der Waals surface area contributed by atoms with E-state index in [1.165, 1.54) is 0 Å². The van der Waals surface area contributed by atoms with Gasteiger partial charge in [0.05, 0.1) is 5.60 Å². The number of piperidine rings is 1. The molecule has 0 aromatic carbocycles. The van der Waals surface area contributed by atoms with E-state index in [0.29, 0.717) is 5.92 Å². The second-order valence-corrected chi connectivity index (χ2v) is 6.69. The standard InChI is InChI=1S/C16H23N5O.2ClH/c22-16(6-7-17-11-16)12-20-9-4-13(5-10-20)15-19-18-14-3-1-2-8-21(14)15;;/h1-3,8,13,17,22H,4-7,9-12H2;2*1H. The van der Waals surface area contributed by atoms with Crippen molar-refractivity contribution in [2.45, 2.75) is 30.8 Å². The van der Waals surface area contributed by atoms with Gasteiger partial charge in [0.1, 0.15) is 5.82 Å². The molecule has 134 valence electrons. The van der Waals surface area contributed by atoms with E-state index in [9.17, 15) is 5.11 Å². The minimum atomic E-state index is -0.533.